The van der Waals surface area contributed by atoms with Gasteiger partial charge in [-0.2, -0.15) is 0 Å². The lowest BCUT2D eigenvalue weighted by atomic mass is 10.2. The SMILES string of the molecule is CC(C)(C)OC(=O)N1CCN(S(=N)(=O)C2CC2)CC1.Cl. The van der Waals surface area contributed by atoms with E-state index >= 15 is 0 Å². The first kappa shape index (κ1) is 17.5. The second kappa shape index (κ2) is 6.07. The van der Waals surface area contributed by atoms with Gasteiger partial charge in [-0.15, -0.1) is 12.4 Å². The summed E-state index contributed by atoms with van der Waals surface area (Å²) < 4.78 is 27.3. The average Bonchev–Trinajstić information content (AvgIpc) is 3.11. The zero-order chi connectivity index (χ0) is 14.3. The number of amides is 1. The Hall–Kier alpha value is -0.530. The first-order valence-corrected chi connectivity index (χ1v) is 8.28. The molecule has 0 spiro atoms. The molecule has 2 rings (SSSR count). The van der Waals surface area contributed by atoms with Crippen molar-refractivity contribution in [3.63, 3.8) is 0 Å². The summed E-state index contributed by atoms with van der Waals surface area (Å²) in [6.07, 6.45) is 1.47. The second-order valence-corrected chi connectivity index (χ2v) is 8.48. The van der Waals surface area contributed by atoms with Crippen molar-refractivity contribution in [2.75, 3.05) is 26.2 Å². The van der Waals surface area contributed by atoms with Gasteiger partial charge in [-0.25, -0.2) is 18.1 Å². The molecule has 0 aromatic rings. The summed E-state index contributed by atoms with van der Waals surface area (Å²) in [5.74, 6) is 0. The molecule has 8 heteroatoms. The van der Waals surface area contributed by atoms with E-state index in [1.165, 1.54) is 0 Å². The summed E-state index contributed by atoms with van der Waals surface area (Å²) in [7, 11) is -2.62. The third kappa shape index (κ3) is 4.23. The molecule has 0 aromatic heterocycles. The zero-order valence-electron chi connectivity index (χ0n) is 12.3. The summed E-state index contributed by atoms with van der Waals surface area (Å²) in [5.41, 5.74) is -0.495. The highest BCUT2D eigenvalue weighted by Crippen LogP contribution is 2.32. The molecule has 1 atom stereocenters. The Labute approximate surface area is 127 Å². The van der Waals surface area contributed by atoms with Crippen LogP contribution in [0, 0.1) is 4.78 Å². The lowest BCUT2D eigenvalue weighted by molar-refractivity contribution is 0.0194. The Bertz CT molecular complexity index is 449. The van der Waals surface area contributed by atoms with Crippen LogP contribution >= 0.6 is 12.4 Å². The number of rotatable bonds is 2. The Morgan fingerprint density at radius 2 is 1.70 bits per heavy atom. The zero-order valence-corrected chi connectivity index (χ0v) is 13.9. The van der Waals surface area contributed by atoms with Crippen molar-refractivity contribution in [1.29, 1.82) is 4.78 Å². The van der Waals surface area contributed by atoms with Gasteiger partial charge in [-0.1, -0.05) is 0 Å². The number of piperazine rings is 1. The molecule has 1 saturated heterocycles. The van der Waals surface area contributed by atoms with Gasteiger partial charge in [-0.05, 0) is 33.6 Å². The quantitative estimate of drug-likeness (QED) is 0.844. The van der Waals surface area contributed by atoms with Gasteiger partial charge in [0.25, 0.3) is 0 Å². The largest absolute Gasteiger partial charge is 0.444 e. The van der Waals surface area contributed by atoms with Crippen LogP contribution in [0.2, 0.25) is 0 Å². The van der Waals surface area contributed by atoms with Crippen LogP contribution in [-0.2, 0) is 14.7 Å². The van der Waals surface area contributed by atoms with Crippen LogP contribution in [0.5, 0.6) is 0 Å². The van der Waals surface area contributed by atoms with Gasteiger partial charge in [0.1, 0.15) is 15.5 Å². The molecule has 1 saturated carbocycles. The van der Waals surface area contributed by atoms with E-state index in [4.69, 9.17) is 9.52 Å². The van der Waals surface area contributed by atoms with E-state index in [9.17, 15) is 9.00 Å². The summed E-state index contributed by atoms with van der Waals surface area (Å²) in [6.45, 7) is 7.48. The molecule has 1 N–H and O–H groups in total. The molecule has 2 aliphatic rings. The minimum absolute atomic E-state index is 0. The molecule has 0 bridgehead atoms. The molecular weight excluding hydrogens is 302 g/mol. The van der Waals surface area contributed by atoms with Crippen LogP contribution in [0.1, 0.15) is 33.6 Å². The number of halogens is 1. The van der Waals surface area contributed by atoms with E-state index < -0.39 is 15.5 Å². The molecule has 1 amide bonds. The standard InChI is InChI=1S/C12H23N3O3S.ClH/c1-12(2,3)18-11(16)14-6-8-15(9-7-14)19(13,17)10-4-5-10;/h10,13H,4-9H2,1-3H3;1H. The number of nitrogens with zero attached hydrogens (tertiary/aromatic N) is 2. The number of carbonyl (C=O) groups excluding carboxylic acids is 1. The fourth-order valence-corrected chi connectivity index (χ4v) is 3.97. The fraction of sp³-hybridized carbons (Fsp3) is 0.917. The second-order valence-electron chi connectivity index (χ2n) is 6.16. The van der Waals surface area contributed by atoms with E-state index in [0.717, 1.165) is 12.8 Å². The molecule has 118 valence electrons. The van der Waals surface area contributed by atoms with E-state index in [-0.39, 0.29) is 23.8 Å². The third-order valence-electron chi connectivity index (χ3n) is 3.25. The fourth-order valence-electron chi connectivity index (χ4n) is 2.07. The minimum atomic E-state index is -2.62. The highest BCUT2D eigenvalue weighted by atomic mass is 35.5. The van der Waals surface area contributed by atoms with Gasteiger partial charge in [0.15, 0.2) is 0 Å². The molecule has 6 nitrogen and oxygen atoms in total. The van der Waals surface area contributed by atoms with Crippen LogP contribution < -0.4 is 0 Å². The molecule has 2 fully saturated rings. The van der Waals surface area contributed by atoms with E-state index in [0.29, 0.717) is 26.2 Å². The van der Waals surface area contributed by atoms with Crippen molar-refractivity contribution < 1.29 is 13.7 Å². The van der Waals surface area contributed by atoms with Crippen molar-refractivity contribution in [2.45, 2.75) is 44.5 Å². The average molecular weight is 326 g/mol. The maximum absolute atomic E-state index is 12.3. The normalized spacial score (nSPS) is 23.6. The van der Waals surface area contributed by atoms with Crippen molar-refractivity contribution >= 4 is 28.4 Å². The smallest absolute Gasteiger partial charge is 0.410 e. The number of hydrogen-bond donors (Lipinski definition) is 1. The summed E-state index contributed by atoms with van der Waals surface area (Å²) in [4.78, 5) is 13.5. The molecule has 1 aliphatic heterocycles. The highest BCUT2D eigenvalue weighted by molar-refractivity contribution is 7.91. The third-order valence-corrected chi connectivity index (χ3v) is 5.76. The maximum Gasteiger partial charge on any atom is 0.410 e. The maximum atomic E-state index is 12.3. The number of carbonyl (C=O) groups is 1. The van der Waals surface area contributed by atoms with Gasteiger partial charge < -0.3 is 9.64 Å². The van der Waals surface area contributed by atoms with Crippen molar-refractivity contribution in [3.8, 4) is 0 Å². The van der Waals surface area contributed by atoms with Gasteiger partial charge in [-0.3, -0.25) is 0 Å². The van der Waals surface area contributed by atoms with Crippen molar-refractivity contribution in [3.05, 3.63) is 0 Å². The molecule has 1 aliphatic carbocycles. The lowest BCUT2D eigenvalue weighted by Gasteiger charge is -2.36. The number of ether oxygens (including phenoxy) is 1. The first-order valence-electron chi connectivity index (χ1n) is 6.71. The molecule has 0 radical (unpaired) electrons. The number of hydrogen-bond acceptors (Lipinski definition) is 4. The van der Waals surface area contributed by atoms with E-state index in [1.807, 2.05) is 20.8 Å². The van der Waals surface area contributed by atoms with Crippen LogP contribution in [0.25, 0.3) is 0 Å². The predicted molar refractivity (Wildman–Crippen MR) is 80.5 cm³/mol. The van der Waals surface area contributed by atoms with E-state index in [2.05, 4.69) is 0 Å². The Balaban J connectivity index is 0.00000200. The van der Waals surface area contributed by atoms with Gasteiger partial charge in [0, 0.05) is 26.2 Å². The molecule has 20 heavy (non-hydrogen) atoms. The Morgan fingerprint density at radius 1 is 1.20 bits per heavy atom. The van der Waals surface area contributed by atoms with Gasteiger partial charge in [0.05, 0.1) is 5.25 Å². The van der Waals surface area contributed by atoms with Crippen LogP contribution in [0.15, 0.2) is 0 Å². The first-order chi connectivity index (χ1) is 8.70. The van der Waals surface area contributed by atoms with Gasteiger partial charge >= 0.3 is 6.09 Å². The lowest BCUT2D eigenvalue weighted by Crippen LogP contribution is -2.51. The Morgan fingerprint density at radius 3 is 2.10 bits per heavy atom. The van der Waals surface area contributed by atoms with Crippen molar-refractivity contribution in [2.24, 2.45) is 0 Å². The van der Waals surface area contributed by atoms with Crippen LogP contribution in [0.3, 0.4) is 0 Å². The predicted octanol–water partition coefficient (Wildman–Crippen LogP) is 2.09. The van der Waals surface area contributed by atoms with Crippen LogP contribution in [-0.4, -0.2) is 56.5 Å². The molecule has 0 aromatic carbocycles. The topological polar surface area (TPSA) is 73.7 Å². The monoisotopic (exact) mass is 325 g/mol. The number of nitrogens with one attached hydrogen (secondary N) is 1. The van der Waals surface area contributed by atoms with Crippen LogP contribution in [0.4, 0.5) is 4.79 Å². The summed E-state index contributed by atoms with van der Waals surface area (Å²) in [5, 5.41) is 0.0422. The van der Waals surface area contributed by atoms with Crippen molar-refractivity contribution in [1.82, 2.24) is 9.21 Å². The highest BCUT2D eigenvalue weighted by Gasteiger charge is 2.38. The molecule has 1 unspecified atom stereocenters. The van der Waals surface area contributed by atoms with Gasteiger partial charge in [0.2, 0.25) is 0 Å². The Kier molecular flexibility index (Phi) is 5.32. The molecule has 1 heterocycles. The van der Waals surface area contributed by atoms with E-state index in [1.54, 1.807) is 9.21 Å². The molecular formula is C12H24ClN3O3S. The summed E-state index contributed by atoms with van der Waals surface area (Å²) >= 11 is 0. The minimum Gasteiger partial charge on any atom is -0.444 e. The summed E-state index contributed by atoms with van der Waals surface area (Å²) in [6, 6.07) is 0.